The molecule has 0 aliphatic rings. The van der Waals surface area contributed by atoms with Gasteiger partial charge in [0, 0.05) is 17.9 Å². The van der Waals surface area contributed by atoms with Gasteiger partial charge in [-0.25, -0.2) is 4.68 Å². The van der Waals surface area contributed by atoms with Crippen molar-refractivity contribution < 1.29 is 9.21 Å². The van der Waals surface area contributed by atoms with Crippen LogP contribution in [0.1, 0.15) is 59.9 Å². The zero-order valence-corrected chi connectivity index (χ0v) is 22.1. The van der Waals surface area contributed by atoms with Gasteiger partial charge in [-0.15, -0.1) is 10.2 Å². The van der Waals surface area contributed by atoms with Gasteiger partial charge in [0.25, 0.3) is 11.8 Å². The molecule has 0 fully saturated rings. The van der Waals surface area contributed by atoms with Crippen molar-refractivity contribution in [3.05, 3.63) is 119 Å². The number of hydrogen-bond acceptors (Lipinski definition) is 5. The number of amides is 1. The minimum Gasteiger partial charge on any atom is -0.420 e. The SMILES string of the molecule is Cc1nnc(-c2cc(C(C)(C)C)n(-c3cccc(C(=O)N[C@@H](Cc4ccccc4)c4ccccc4)c3)n2)o1. The fourth-order valence-corrected chi connectivity index (χ4v) is 4.42. The Bertz CT molecular complexity index is 1530. The molecule has 1 amide bonds. The first kappa shape index (κ1) is 25.1. The van der Waals surface area contributed by atoms with E-state index in [4.69, 9.17) is 9.52 Å². The van der Waals surface area contributed by atoms with E-state index in [2.05, 4.69) is 48.4 Å². The summed E-state index contributed by atoms with van der Waals surface area (Å²) < 4.78 is 7.47. The molecule has 0 aliphatic heterocycles. The van der Waals surface area contributed by atoms with Crippen LogP contribution in [0.15, 0.2) is 95.4 Å². The third-order valence-electron chi connectivity index (χ3n) is 6.37. The van der Waals surface area contributed by atoms with Gasteiger partial charge in [-0.1, -0.05) is 87.5 Å². The molecule has 0 spiro atoms. The summed E-state index contributed by atoms with van der Waals surface area (Å²) in [6.07, 6.45) is 0.691. The maximum Gasteiger partial charge on any atom is 0.268 e. The molecular formula is C31H31N5O2. The number of carbonyl (C=O) groups is 1. The molecule has 2 aromatic heterocycles. The lowest BCUT2D eigenvalue weighted by atomic mass is 9.91. The molecule has 0 bridgehead atoms. The number of rotatable bonds is 7. The Labute approximate surface area is 222 Å². The van der Waals surface area contributed by atoms with Gasteiger partial charge in [-0.05, 0) is 41.8 Å². The van der Waals surface area contributed by atoms with Crippen LogP contribution in [-0.2, 0) is 11.8 Å². The second-order valence-corrected chi connectivity index (χ2v) is 10.4. The highest BCUT2D eigenvalue weighted by Crippen LogP contribution is 2.30. The predicted molar refractivity (Wildman–Crippen MR) is 147 cm³/mol. The van der Waals surface area contributed by atoms with Crippen molar-refractivity contribution in [1.82, 2.24) is 25.3 Å². The Morgan fingerprint density at radius 2 is 1.63 bits per heavy atom. The molecule has 7 nitrogen and oxygen atoms in total. The van der Waals surface area contributed by atoms with Crippen molar-refractivity contribution >= 4 is 5.91 Å². The van der Waals surface area contributed by atoms with Crippen LogP contribution in [0.25, 0.3) is 17.3 Å². The fraction of sp³-hybridized carbons (Fsp3) is 0.226. The summed E-state index contributed by atoms with van der Waals surface area (Å²) in [6, 6.07) is 29.6. The van der Waals surface area contributed by atoms with Crippen LogP contribution in [-0.4, -0.2) is 25.9 Å². The van der Waals surface area contributed by atoms with Gasteiger partial charge in [-0.2, -0.15) is 5.10 Å². The van der Waals surface area contributed by atoms with Crippen LogP contribution in [0.5, 0.6) is 0 Å². The normalized spacial score (nSPS) is 12.3. The van der Waals surface area contributed by atoms with Crippen molar-refractivity contribution in [2.75, 3.05) is 0 Å². The summed E-state index contributed by atoms with van der Waals surface area (Å²) in [5.41, 5.74) is 4.90. The third kappa shape index (κ3) is 5.57. The molecule has 5 rings (SSSR count). The van der Waals surface area contributed by atoms with Crippen LogP contribution in [0.3, 0.4) is 0 Å². The van der Waals surface area contributed by atoms with E-state index in [0.29, 0.717) is 29.5 Å². The van der Waals surface area contributed by atoms with Crippen LogP contribution in [0, 0.1) is 6.92 Å². The number of aryl methyl sites for hydroxylation is 1. The lowest BCUT2D eigenvalue weighted by molar-refractivity contribution is 0.0936. The number of hydrogen-bond donors (Lipinski definition) is 1. The Morgan fingerprint density at radius 3 is 2.29 bits per heavy atom. The van der Waals surface area contributed by atoms with E-state index in [1.165, 1.54) is 0 Å². The molecule has 192 valence electrons. The fourth-order valence-electron chi connectivity index (χ4n) is 4.42. The van der Waals surface area contributed by atoms with E-state index in [0.717, 1.165) is 22.5 Å². The highest BCUT2D eigenvalue weighted by atomic mass is 16.4. The Hall–Kier alpha value is -4.52. The maximum absolute atomic E-state index is 13.5. The average molecular weight is 506 g/mol. The van der Waals surface area contributed by atoms with Gasteiger partial charge in [0.05, 0.1) is 17.4 Å². The quantitative estimate of drug-likeness (QED) is 0.283. The Kier molecular flexibility index (Phi) is 6.92. The first-order chi connectivity index (χ1) is 18.3. The summed E-state index contributed by atoms with van der Waals surface area (Å²) in [5, 5.41) is 16.1. The zero-order chi connectivity index (χ0) is 26.7. The van der Waals surface area contributed by atoms with Crippen LogP contribution in [0.2, 0.25) is 0 Å². The zero-order valence-electron chi connectivity index (χ0n) is 22.1. The van der Waals surface area contributed by atoms with E-state index in [1.54, 1.807) is 6.92 Å². The molecule has 7 heteroatoms. The summed E-state index contributed by atoms with van der Waals surface area (Å²) in [4.78, 5) is 13.5. The molecule has 5 aromatic rings. The highest BCUT2D eigenvalue weighted by molar-refractivity contribution is 5.95. The van der Waals surface area contributed by atoms with Crippen LogP contribution < -0.4 is 5.32 Å². The van der Waals surface area contributed by atoms with Gasteiger partial charge in [-0.3, -0.25) is 4.79 Å². The first-order valence-corrected chi connectivity index (χ1v) is 12.7. The minimum atomic E-state index is -0.216. The summed E-state index contributed by atoms with van der Waals surface area (Å²) in [7, 11) is 0. The molecule has 0 saturated heterocycles. The van der Waals surface area contributed by atoms with Gasteiger partial charge < -0.3 is 9.73 Å². The topological polar surface area (TPSA) is 85.8 Å². The average Bonchev–Trinajstić information content (AvgIpc) is 3.56. The molecule has 1 atom stereocenters. The van der Waals surface area contributed by atoms with E-state index in [1.807, 2.05) is 83.5 Å². The van der Waals surface area contributed by atoms with Crippen molar-refractivity contribution in [3.63, 3.8) is 0 Å². The number of aromatic nitrogens is 4. The lowest BCUT2D eigenvalue weighted by Crippen LogP contribution is -2.30. The molecule has 2 heterocycles. The predicted octanol–water partition coefficient (Wildman–Crippen LogP) is 6.24. The van der Waals surface area contributed by atoms with E-state index in [9.17, 15) is 4.79 Å². The first-order valence-electron chi connectivity index (χ1n) is 12.7. The highest BCUT2D eigenvalue weighted by Gasteiger charge is 2.25. The van der Waals surface area contributed by atoms with E-state index < -0.39 is 0 Å². The van der Waals surface area contributed by atoms with Gasteiger partial charge in [0.15, 0.2) is 0 Å². The van der Waals surface area contributed by atoms with Crippen molar-refractivity contribution in [2.45, 2.75) is 45.6 Å². The largest absolute Gasteiger partial charge is 0.420 e. The molecule has 0 radical (unpaired) electrons. The summed E-state index contributed by atoms with van der Waals surface area (Å²) in [6.45, 7) is 8.11. The lowest BCUT2D eigenvalue weighted by Gasteiger charge is -2.21. The molecule has 0 unspecified atom stereocenters. The second-order valence-electron chi connectivity index (χ2n) is 10.4. The second kappa shape index (κ2) is 10.5. The number of carbonyl (C=O) groups excluding carboxylic acids is 1. The summed E-state index contributed by atoms with van der Waals surface area (Å²) >= 11 is 0. The Morgan fingerprint density at radius 1 is 0.921 bits per heavy atom. The van der Waals surface area contributed by atoms with E-state index in [-0.39, 0.29) is 17.4 Å². The number of benzene rings is 3. The van der Waals surface area contributed by atoms with E-state index >= 15 is 0 Å². The van der Waals surface area contributed by atoms with Crippen LogP contribution >= 0.6 is 0 Å². The minimum absolute atomic E-state index is 0.145. The van der Waals surface area contributed by atoms with Crippen LogP contribution in [0.4, 0.5) is 0 Å². The van der Waals surface area contributed by atoms with Gasteiger partial charge >= 0.3 is 0 Å². The maximum atomic E-state index is 13.5. The molecule has 1 N–H and O–H groups in total. The molecule has 0 aliphatic carbocycles. The van der Waals surface area contributed by atoms with Crippen molar-refractivity contribution in [3.8, 4) is 17.3 Å². The standard InChI is InChI=1S/C31H31N5O2/c1-21-33-34-30(38-21)27-20-28(31(2,3)4)36(35-27)25-17-11-16-24(19-25)29(37)32-26(23-14-9-6-10-15-23)18-22-12-7-5-8-13-22/h5-17,19-20,26H,18H2,1-4H3,(H,32,37)/t26-/m0/s1. The molecule has 3 aromatic carbocycles. The molecule has 38 heavy (non-hydrogen) atoms. The monoisotopic (exact) mass is 505 g/mol. The number of nitrogens with zero attached hydrogens (tertiary/aromatic N) is 4. The molecule has 0 saturated carbocycles. The Balaban J connectivity index is 1.46. The van der Waals surface area contributed by atoms with Gasteiger partial charge in [0.2, 0.25) is 5.89 Å². The smallest absolute Gasteiger partial charge is 0.268 e. The number of nitrogens with one attached hydrogen (secondary N) is 1. The molecular weight excluding hydrogens is 474 g/mol. The van der Waals surface area contributed by atoms with Gasteiger partial charge in [0.1, 0.15) is 5.69 Å². The van der Waals surface area contributed by atoms with Crippen molar-refractivity contribution in [2.24, 2.45) is 0 Å². The third-order valence-corrected chi connectivity index (χ3v) is 6.37. The van der Waals surface area contributed by atoms with Crippen molar-refractivity contribution in [1.29, 1.82) is 0 Å². The summed E-state index contributed by atoms with van der Waals surface area (Å²) in [5.74, 6) is 0.704.